The Morgan fingerprint density at radius 1 is 1.24 bits per heavy atom. The number of rotatable bonds is 6. The zero-order valence-corrected chi connectivity index (χ0v) is 19.4. The van der Waals surface area contributed by atoms with Crippen molar-refractivity contribution in [3.05, 3.63) is 34.9 Å². The predicted octanol–water partition coefficient (Wildman–Crippen LogP) is 1.32. The van der Waals surface area contributed by atoms with Crippen LogP contribution in [0.1, 0.15) is 61.5 Å². The van der Waals surface area contributed by atoms with Crippen molar-refractivity contribution in [3.8, 4) is 0 Å². The summed E-state index contributed by atoms with van der Waals surface area (Å²) in [5.41, 5.74) is 1.48. The molecule has 3 rings (SSSR count). The van der Waals surface area contributed by atoms with Crippen LogP contribution in [0.25, 0.3) is 0 Å². The van der Waals surface area contributed by atoms with Gasteiger partial charge >= 0.3 is 6.09 Å². The van der Waals surface area contributed by atoms with Crippen LogP contribution in [0.15, 0.2) is 18.2 Å². The Kier molecular flexibility index (Phi) is 7.04. The molecule has 2 heterocycles. The first-order valence-electron chi connectivity index (χ1n) is 10.9. The van der Waals surface area contributed by atoms with E-state index < -0.39 is 23.6 Å². The molecule has 0 aromatic heterocycles. The molecule has 0 radical (unpaired) electrons. The summed E-state index contributed by atoms with van der Waals surface area (Å²) in [6.07, 6.45) is 0.0122. The molecule has 5 amide bonds. The Morgan fingerprint density at radius 3 is 2.64 bits per heavy atom. The average Bonchev–Trinajstić information content (AvgIpc) is 3.04. The van der Waals surface area contributed by atoms with Crippen LogP contribution in [0, 0.1) is 0 Å². The lowest BCUT2D eigenvalue weighted by atomic mass is 10.0. The molecule has 1 aromatic carbocycles. The van der Waals surface area contributed by atoms with E-state index in [0.717, 1.165) is 11.1 Å². The van der Waals surface area contributed by atoms with Crippen molar-refractivity contribution in [2.75, 3.05) is 13.6 Å². The maximum absolute atomic E-state index is 12.9. The van der Waals surface area contributed by atoms with E-state index in [4.69, 9.17) is 4.74 Å². The summed E-state index contributed by atoms with van der Waals surface area (Å²) in [7, 11) is 1.66. The summed E-state index contributed by atoms with van der Waals surface area (Å²) >= 11 is 0. The fourth-order valence-corrected chi connectivity index (χ4v) is 3.92. The third-order valence-corrected chi connectivity index (χ3v) is 5.52. The van der Waals surface area contributed by atoms with Gasteiger partial charge in [0.15, 0.2) is 0 Å². The van der Waals surface area contributed by atoms with E-state index in [2.05, 4.69) is 10.6 Å². The molecule has 2 aliphatic heterocycles. The van der Waals surface area contributed by atoms with Gasteiger partial charge in [-0.3, -0.25) is 24.5 Å². The number of carbonyl (C=O) groups is 5. The van der Waals surface area contributed by atoms with E-state index in [1.165, 1.54) is 9.80 Å². The quantitative estimate of drug-likeness (QED) is 0.620. The van der Waals surface area contributed by atoms with Crippen molar-refractivity contribution in [3.63, 3.8) is 0 Å². The van der Waals surface area contributed by atoms with Gasteiger partial charge in [-0.2, -0.15) is 0 Å². The second kappa shape index (κ2) is 9.60. The van der Waals surface area contributed by atoms with Crippen LogP contribution in [0.2, 0.25) is 0 Å². The van der Waals surface area contributed by atoms with E-state index in [1.807, 2.05) is 6.07 Å². The first-order chi connectivity index (χ1) is 15.5. The molecular formula is C23H30N4O6. The number of hydrogen-bond donors (Lipinski definition) is 2. The highest BCUT2D eigenvalue weighted by Gasteiger charge is 2.39. The van der Waals surface area contributed by atoms with Crippen LogP contribution in [0.5, 0.6) is 0 Å². The Balaban J connectivity index is 1.60. The van der Waals surface area contributed by atoms with Gasteiger partial charge in [0.1, 0.15) is 11.6 Å². The molecule has 10 heteroatoms. The van der Waals surface area contributed by atoms with E-state index in [9.17, 15) is 24.0 Å². The van der Waals surface area contributed by atoms with Crippen molar-refractivity contribution < 1.29 is 28.7 Å². The van der Waals surface area contributed by atoms with E-state index >= 15 is 0 Å². The highest BCUT2D eigenvalue weighted by molar-refractivity contribution is 6.05. The monoisotopic (exact) mass is 458 g/mol. The average molecular weight is 459 g/mol. The van der Waals surface area contributed by atoms with Crippen molar-refractivity contribution in [2.45, 2.75) is 64.8 Å². The third kappa shape index (κ3) is 5.88. The van der Waals surface area contributed by atoms with Gasteiger partial charge in [-0.05, 0) is 44.4 Å². The van der Waals surface area contributed by atoms with Crippen molar-refractivity contribution in [1.82, 2.24) is 20.4 Å². The zero-order chi connectivity index (χ0) is 24.3. The van der Waals surface area contributed by atoms with Gasteiger partial charge in [0, 0.05) is 45.1 Å². The summed E-state index contributed by atoms with van der Waals surface area (Å²) in [6, 6.07) is 4.62. The molecule has 0 aliphatic carbocycles. The number of fused-ring (bicyclic) bond motifs is 1. The minimum Gasteiger partial charge on any atom is -0.444 e. The van der Waals surface area contributed by atoms with Crippen LogP contribution in [0.3, 0.4) is 0 Å². The highest BCUT2D eigenvalue weighted by atomic mass is 16.6. The van der Waals surface area contributed by atoms with Gasteiger partial charge in [-0.1, -0.05) is 12.1 Å². The number of amides is 5. The molecule has 10 nitrogen and oxygen atoms in total. The maximum Gasteiger partial charge on any atom is 0.407 e. The Labute approximate surface area is 192 Å². The molecule has 1 unspecified atom stereocenters. The summed E-state index contributed by atoms with van der Waals surface area (Å²) in [6.45, 7) is 5.96. The number of alkyl carbamates (subject to hydrolysis) is 1. The summed E-state index contributed by atoms with van der Waals surface area (Å²) in [5.74, 6) is -1.21. The lowest BCUT2D eigenvalue weighted by molar-refractivity contribution is -0.137. The summed E-state index contributed by atoms with van der Waals surface area (Å²) in [4.78, 5) is 63.9. The molecule has 1 saturated heterocycles. The molecule has 1 atom stereocenters. The van der Waals surface area contributed by atoms with Crippen molar-refractivity contribution in [1.29, 1.82) is 0 Å². The third-order valence-electron chi connectivity index (χ3n) is 5.52. The molecule has 0 saturated carbocycles. The van der Waals surface area contributed by atoms with E-state index in [0.29, 0.717) is 12.0 Å². The van der Waals surface area contributed by atoms with Gasteiger partial charge in [0.05, 0.1) is 0 Å². The van der Waals surface area contributed by atoms with Crippen LogP contribution >= 0.6 is 0 Å². The molecule has 0 bridgehead atoms. The van der Waals surface area contributed by atoms with Crippen LogP contribution in [-0.4, -0.2) is 64.8 Å². The Bertz CT molecular complexity index is 984. The Morgan fingerprint density at radius 2 is 1.97 bits per heavy atom. The van der Waals surface area contributed by atoms with Crippen molar-refractivity contribution >= 4 is 29.7 Å². The topological polar surface area (TPSA) is 125 Å². The first kappa shape index (κ1) is 24.2. The van der Waals surface area contributed by atoms with Gasteiger partial charge < -0.3 is 19.9 Å². The molecular weight excluding hydrogens is 428 g/mol. The minimum atomic E-state index is -0.686. The molecule has 2 aliphatic rings. The number of carbonyl (C=O) groups excluding carboxylic acids is 5. The fraction of sp³-hybridized carbons (Fsp3) is 0.522. The highest BCUT2D eigenvalue weighted by Crippen LogP contribution is 2.30. The normalized spacial score (nSPS) is 18.0. The summed E-state index contributed by atoms with van der Waals surface area (Å²) < 4.78 is 5.15. The smallest absolute Gasteiger partial charge is 0.407 e. The van der Waals surface area contributed by atoms with Gasteiger partial charge in [-0.25, -0.2) is 4.79 Å². The zero-order valence-electron chi connectivity index (χ0n) is 19.4. The number of imide groups is 1. The molecule has 2 N–H and O–H groups in total. The fourth-order valence-electron chi connectivity index (χ4n) is 3.92. The SMILES string of the molecule is CN(Cc1cccc2c1CN(C1CCC(=O)NC1=O)C2=O)C(=O)CCNC(=O)OC(C)(C)C. The number of nitrogens with one attached hydrogen (secondary N) is 2. The maximum atomic E-state index is 12.9. The van der Waals surface area contributed by atoms with Crippen LogP contribution in [0.4, 0.5) is 4.79 Å². The number of nitrogens with zero attached hydrogens (tertiary/aromatic N) is 2. The van der Waals surface area contributed by atoms with Gasteiger partial charge in [0.2, 0.25) is 17.7 Å². The van der Waals surface area contributed by atoms with Gasteiger partial charge in [0.25, 0.3) is 5.91 Å². The molecule has 1 aromatic rings. The lowest BCUT2D eigenvalue weighted by Gasteiger charge is -2.29. The minimum absolute atomic E-state index is 0.103. The standard InChI is InChI=1S/C23H30N4O6/c1-23(2,3)33-22(32)24-11-10-19(29)26(4)12-14-6-5-7-15-16(14)13-27(21(15)31)17-8-9-18(28)25-20(17)30/h5-7,17H,8-13H2,1-4H3,(H,24,32)(H,25,28,30). The molecule has 178 valence electrons. The Hall–Kier alpha value is -3.43. The van der Waals surface area contributed by atoms with Crippen LogP contribution < -0.4 is 10.6 Å². The predicted molar refractivity (Wildman–Crippen MR) is 118 cm³/mol. The number of hydrogen-bond acceptors (Lipinski definition) is 6. The van der Waals surface area contributed by atoms with E-state index in [-0.39, 0.29) is 50.2 Å². The number of benzene rings is 1. The molecule has 33 heavy (non-hydrogen) atoms. The molecule has 1 fully saturated rings. The first-order valence-corrected chi connectivity index (χ1v) is 10.9. The summed E-state index contributed by atoms with van der Waals surface area (Å²) in [5, 5.41) is 4.86. The second-order valence-corrected chi connectivity index (χ2v) is 9.27. The van der Waals surface area contributed by atoms with Gasteiger partial charge in [-0.15, -0.1) is 0 Å². The molecule has 0 spiro atoms. The number of ether oxygens (including phenoxy) is 1. The van der Waals surface area contributed by atoms with Crippen LogP contribution in [-0.2, 0) is 32.2 Å². The number of piperidine rings is 1. The largest absolute Gasteiger partial charge is 0.444 e. The lowest BCUT2D eigenvalue weighted by Crippen LogP contribution is -2.52. The second-order valence-electron chi connectivity index (χ2n) is 9.27. The van der Waals surface area contributed by atoms with E-state index in [1.54, 1.807) is 40.0 Å². The van der Waals surface area contributed by atoms with Crippen molar-refractivity contribution in [2.24, 2.45) is 0 Å².